The number of alkyl halides is 3. The third kappa shape index (κ3) is 9.48. The first-order valence-corrected chi connectivity index (χ1v) is 15.0. The van der Waals surface area contributed by atoms with E-state index in [0.29, 0.717) is 18.9 Å². The van der Waals surface area contributed by atoms with E-state index < -0.39 is 42.5 Å². The van der Waals surface area contributed by atoms with Crippen molar-refractivity contribution in [1.29, 1.82) is 0 Å². The molecule has 4 atom stereocenters. The van der Waals surface area contributed by atoms with Gasteiger partial charge in [0.1, 0.15) is 0 Å². The van der Waals surface area contributed by atoms with E-state index in [-0.39, 0.29) is 18.5 Å². The van der Waals surface area contributed by atoms with Crippen molar-refractivity contribution < 1.29 is 37.1 Å². The first kappa shape index (κ1) is 35.4. The molecule has 246 valence electrons. The second-order valence-electron chi connectivity index (χ2n) is 12.2. The van der Waals surface area contributed by atoms with Gasteiger partial charge in [-0.2, -0.15) is 13.2 Å². The summed E-state index contributed by atoms with van der Waals surface area (Å²) in [6.07, 6.45) is 2.10. The summed E-state index contributed by atoms with van der Waals surface area (Å²) in [4.78, 5) is 58.9. The molecule has 2 N–H and O–H groups in total. The molecule has 0 saturated carbocycles. The molecule has 0 unspecified atom stereocenters. The number of primary amides is 1. The molecule has 2 aliphatic heterocycles. The zero-order valence-corrected chi connectivity index (χ0v) is 26.6. The predicted molar refractivity (Wildman–Crippen MR) is 159 cm³/mol. The van der Waals surface area contributed by atoms with Crippen LogP contribution in [0.5, 0.6) is 0 Å². The molecule has 0 radical (unpaired) electrons. The topological polar surface area (TPSA) is 136 Å². The number of likely N-dealkylation sites (tertiary alicyclic amines) is 2. The molecule has 2 fully saturated rings. The van der Waals surface area contributed by atoms with E-state index in [0.717, 1.165) is 52.9 Å². The Bertz CT molecular complexity index is 1420. The molecule has 4 rings (SSSR count). The van der Waals surface area contributed by atoms with Crippen LogP contribution in [0.4, 0.5) is 13.2 Å². The maximum Gasteiger partial charge on any atom is 0.422 e. The molecule has 2 aliphatic rings. The number of esters is 1. The number of nitrogens with zero attached hydrogens (tertiary/aromatic N) is 4. The Morgan fingerprint density at radius 3 is 1.60 bits per heavy atom. The van der Waals surface area contributed by atoms with E-state index >= 15 is 0 Å². The Balaban J connectivity index is 0.000000251. The minimum Gasteiger partial charge on any atom is -0.449 e. The number of carbonyl (C=O) groups is 4. The molecule has 2 aromatic heterocycles. The summed E-state index contributed by atoms with van der Waals surface area (Å²) in [6.45, 7) is 10.8. The second-order valence-corrected chi connectivity index (χ2v) is 12.2. The van der Waals surface area contributed by atoms with Crippen molar-refractivity contribution >= 4 is 23.7 Å². The Hall–Kier alpha value is -4.03. The van der Waals surface area contributed by atoms with Crippen LogP contribution >= 0.6 is 0 Å². The maximum absolute atomic E-state index is 12.4. The van der Waals surface area contributed by atoms with E-state index in [1.165, 1.54) is 4.90 Å². The van der Waals surface area contributed by atoms with E-state index in [1.807, 2.05) is 46.8 Å². The first-order chi connectivity index (χ1) is 21.0. The second kappa shape index (κ2) is 14.8. The molecular formula is C32H42F3N5O5. The van der Waals surface area contributed by atoms with Crippen molar-refractivity contribution in [2.24, 2.45) is 17.6 Å². The van der Waals surface area contributed by atoms with E-state index in [9.17, 15) is 32.3 Å². The third-order valence-corrected chi connectivity index (χ3v) is 8.40. The third-order valence-electron chi connectivity index (χ3n) is 8.40. The minimum absolute atomic E-state index is 0.0991. The normalized spacial score (nSPS) is 21.8. The molecule has 13 heteroatoms. The van der Waals surface area contributed by atoms with Gasteiger partial charge in [-0.25, -0.2) is 4.79 Å². The number of hydrogen-bond acceptors (Lipinski definition) is 7. The lowest BCUT2D eigenvalue weighted by Crippen LogP contribution is -2.46. The number of halogens is 3. The summed E-state index contributed by atoms with van der Waals surface area (Å²) in [5.74, 6) is -3.47. The first-order valence-electron chi connectivity index (χ1n) is 15.0. The summed E-state index contributed by atoms with van der Waals surface area (Å²) < 4.78 is 40.7. The van der Waals surface area contributed by atoms with Crippen LogP contribution in [-0.4, -0.2) is 69.3 Å². The van der Waals surface area contributed by atoms with Crippen LogP contribution in [0.1, 0.15) is 85.3 Å². The molecule has 45 heavy (non-hydrogen) atoms. The van der Waals surface area contributed by atoms with Crippen LogP contribution in [0, 0.1) is 39.5 Å². The van der Waals surface area contributed by atoms with Gasteiger partial charge in [0.05, 0.1) is 12.1 Å². The molecule has 0 bridgehead atoms. The average molecular weight is 634 g/mol. The number of rotatable bonds is 3. The molecule has 2 aromatic rings. The van der Waals surface area contributed by atoms with Gasteiger partial charge in [-0.05, 0) is 87.5 Å². The molecule has 3 amide bonds. The lowest BCUT2D eigenvalue weighted by Gasteiger charge is -2.38. The number of aryl methyl sites for hydroxylation is 4. The predicted octanol–water partition coefficient (Wildman–Crippen LogP) is 4.59. The standard InChI is InChI=1S/C17H21F3N2O3.C15H21N3O2/c1-10-4-5-14(13-6-11(2)12(3)21-7-13)22(8-10)15(23)16(24)25-9-17(18,19)20;1-9-4-5-13(18(8-9)15(20)14(16)19)12-6-10(2)11(3)17-7-12/h6-7,10,14H,4-5,8-9H2,1-3H3;6-7,9,13H,4-5,8H2,1-3H3,(H2,16,19)/t10-,14+;9-,13+/m00/s1. The largest absolute Gasteiger partial charge is 0.449 e. The highest BCUT2D eigenvalue weighted by Crippen LogP contribution is 2.35. The maximum atomic E-state index is 12.4. The monoisotopic (exact) mass is 633 g/mol. The van der Waals surface area contributed by atoms with Crippen molar-refractivity contribution in [2.75, 3.05) is 19.7 Å². The van der Waals surface area contributed by atoms with Gasteiger partial charge in [-0.3, -0.25) is 24.4 Å². The van der Waals surface area contributed by atoms with Crippen molar-refractivity contribution in [3.05, 3.63) is 58.2 Å². The molecule has 10 nitrogen and oxygen atoms in total. The van der Waals surface area contributed by atoms with E-state index in [4.69, 9.17) is 5.73 Å². The molecule has 0 aromatic carbocycles. The van der Waals surface area contributed by atoms with Crippen LogP contribution in [0.2, 0.25) is 0 Å². The summed E-state index contributed by atoms with van der Waals surface area (Å²) >= 11 is 0. The minimum atomic E-state index is -4.66. The SMILES string of the molecule is Cc1cc([C@H]2CC[C@H](C)CN2C(=O)C(=O)OCC(F)(F)F)cnc1C.Cc1cc([C@H]2CC[C@H](C)CN2C(=O)C(N)=O)cnc1C. The zero-order chi connectivity index (χ0) is 33.6. The highest BCUT2D eigenvalue weighted by molar-refractivity contribution is 6.34. The lowest BCUT2D eigenvalue weighted by molar-refractivity contribution is -0.190. The fourth-order valence-electron chi connectivity index (χ4n) is 5.61. The van der Waals surface area contributed by atoms with Gasteiger partial charge < -0.3 is 20.3 Å². The summed E-state index contributed by atoms with van der Waals surface area (Å²) in [7, 11) is 0. The van der Waals surface area contributed by atoms with Gasteiger partial charge in [0.25, 0.3) is 0 Å². The molecule has 2 saturated heterocycles. The van der Waals surface area contributed by atoms with Crippen LogP contribution < -0.4 is 5.73 Å². The number of ether oxygens (including phenoxy) is 1. The quantitative estimate of drug-likeness (QED) is 0.386. The van der Waals surface area contributed by atoms with Crippen molar-refractivity contribution in [3.8, 4) is 0 Å². The van der Waals surface area contributed by atoms with Crippen molar-refractivity contribution in [2.45, 2.75) is 85.5 Å². The summed E-state index contributed by atoms with van der Waals surface area (Å²) in [6, 6.07) is 3.45. The Morgan fingerprint density at radius 2 is 1.22 bits per heavy atom. The van der Waals surface area contributed by atoms with Gasteiger partial charge in [0.2, 0.25) is 0 Å². The highest BCUT2D eigenvalue weighted by Gasteiger charge is 2.38. The molecular weight excluding hydrogens is 591 g/mol. The van der Waals surface area contributed by atoms with E-state index in [1.54, 1.807) is 17.3 Å². The summed E-state index contributed by atoms with van der Waals surface area (Å²) in [5.41, 5.74) is 10.8. The fraction of sp³-hybridized carbons (Fsp3) is 0.562. The highest BCUT2D eigenvalue weighted by atomic mass is 19.4. The summed E-state index contributed by atoms with van der Waals surface area (Å²) in [5, 5.41) is 0. The Kier molecular flexibility index (Phi) is 11.7. The van der Waals surface area contributed by atoms with Crippen LogP contribution in [0.3, 0.4) is 0 Å². The number of amides is 3. The van der Waals surface area contributed by atoms with Crippen LogP contribution in [0.25, 0.3) is 0 Å². The van der Waals surface area contributed by atoms with Crippen molar-refractivity contribution in [3.63, 3.8) is 0 Å². The van der Waals surface area contributed by atoms with Gasteiger partial charge in [-0.1, -0.05) is 26.0 Å². The number of aromatic nitrogens is 2. The van der Waals surface area contributed by atoms with Crippen LogP contribution in [-0.2, 0) is 23.9 Å². The average Bonchev–Trinajstić information content (AvgIpc) is 2.98. The Morgan fingerprint density at radius 1 is 0.800 bits per heavy atom. The van der Waals surface area contributed by atoms with Crippen molar-refractivity contribution in [1.82, 2.24) is 19.8 Å². The number of pyridine rings is 2. The van der Waals surface area contributed by atoms with Gasteiger partial charge in [0.15, 0.2) is 6.61 Å². The number of hydrogen-bond donors (Lipinski definition) is 1. The van der Waals surface area contributed by atoms with E-state index in [2.05, 4.69) is 21.6 Å². The van der Waals surface area contributed by atoms with Crippen LogP contribution in [0.15, 0.2) is 24.5 Å². The zero-order valence-electron chi connectivity index (χ0n) is 26.6. The molecule has 0 spiro atoms. The lowest BCUT2D eigenvalue weighted by atomic mass is 9.90. The molecule has 0 aliphatic carbocycles. The van der Waals surface area contributed by atoms with Gasteiger partial charge >= 0.3 is 29.9 Å². The number of piperidine rings is 2. The number of nitrogens with two attached hydrogens (primary N) is 1. The fourth-order valence-corrected chi connectivity index (χ4v) is 5.61. The van der Waals surface area contributed by atoms with Gasteiger partial charge in [0, 0.05) is 36.9 Å². The number of carbonyl (C=O) groups excluding carboxylic acids is 4. The van der Waals surface area contributed by atoms with Gasteiger partial charge in [-0.15, -0.1) is 0 Å². The Labute approximate surface area is 261 Å². The molecule has 4 heterocycles. The smallest absolute Gasteiger partial charge is 0.422 e.